The van der Waals surface area contributed by atoms with Gasteiger partial charge >= 0.3 is 0 Å². The van der Waals surface area contributed by atoms with Crippen molar-refractivity contribution in [2.24, 2.45) is 0 Å². The fourth-order valence-electron chi connectivity index (χ4n) is 5.42. The highest BCUT2D eigenvalue weighted by Gasteiger charge is 2.34. The average molecular weight is 590 g/mol. The Hall–Kier alpha value is -3.98. The van der Waals surface area contributed by atoms with Crippen LogP contribution in [0.4, 0.5) is 5.69 Å². The number of nitrogens with one attached hydrogen (secondary N) is 1. The van der Waals surface area contributed by atoms with Crippen molar-refractivity contribution in [3.8, 4) is 0 Å². The summed E-state index contributed by atoms with van der Waals surface area (Å²) >= 11 is 0. The molecular weight excluding hydrogens is 550 g/mol. The number of anilines is 1. The molecule has 0 unspecified atom stereocenters. The first-order valence-corrected chi connectivity index (χ1v) is 16.1. The van der Waals surface area contributed by atoms with Crippen molar-refractivity contribution in [3.05, 3.63) is 101 Å². The number of carbonyl (C=O) groups is 3. The lowest BCUT2D eigenvalue weighted by Gasteiger charge is -2.34. The van der Waals surface area contributed by atoms with Gasteiger partial charge in [-0.25, -0.2) is 8.42 Å². The predicted octanol–water partition coefficient (Wildman–Crippen LogP) is 4.66. The van der Waals surface area contributed by atoms with Crippen molar-refractivity contribution < 1.29 is 22.8 Å². The van der Waals surface area contributed by atoms with E-state index in [4.69, 9.17) is 0 Å². The molecule has 1 N–H and O–H groups in total. The fraction of sp³-hybridized carbons (Fsp3) is 0.364. The molecule has 1 aliphatic carbocycles. The van der Waals surface area contributed by atoms with Gasteiger partial charge in [0.2, 0.25) is 21.8 Å². The van der Waals surface area contributed by atoms with Crippen LogP contribution in [0.3, 0.4) is 0 Å². The van der Waals surface area contributed by atoms with Crippen LogP contribution in [0, 0.1) is 6.92 Å². The molecule has 3 aromatic carbocycles. The molecule has 0 saturated heterocycles. The molecule has 42 heavy (non-hydrogen) atoms. The smallest absolute Gasteiger partial charge is 0.244 e. The Kier molecular flexibility index (Phi) is 10.2. The second-order valence-corrected chi connectivity index (χ2v) is 13.0. The van der Waals surface area contributed by atoms with Crippen molar-refractivity contribution in [1.29, 1.82) is 0 Å². The first-order valence-electron chi connectivity index (χ1n) is 14.3. The Bertz CT molecular complexity index is 1520. The van der Waals surface area contributed by atoms with Crippen LogP contribution in [0.2, 0.25) is 0 Å². The van der Waals surface area contributed by atoms with Gasteiger partial charge < -0.3 is 10.2 Å². The summed E-state index contributed by atoms with van der Waals surface area (Å²) in [7, 11) is -3.92. The minimum atomic E-state index is -3.92. The Morgan fingerprint density at radius 3 is 2.21 bits per heavy atom. The number of sulfonamides is 1. The SMILES string of the molecule is CC(=O)c1cccc(N(CC(=O)N(Cc2cccc(C)c2)[C@H](Cc2ccccc2)C(=O)NC2CCCC2)S(C)(=O)=O)c1. The second-order valence-electron chi connectivity index (χ2n) is 11.1. The van der Waals surface area contributed by atoms with Gasteiger partial charge in [-0.15, -0.1) is 0 Å². The molecule has 1 saturated carbocycles. The first kappa shape index (κ1) is 31.0. The van der Waals surface area contributed by atoms with Crippen LogP contribution in [0.5, 0.6) is 0 Å². The van der Waals surface area contributed by atoms with Crippen LogP contribution in [-0.2, 0) is 32.6 Å². The molecule has 0 spiro atoms. The Morgan fingerprint density at radius 2 is 1.57 bits per heavy atom. The van der Waals surface area contributed by atoms with Crippen molar-refractivity contribution in [3.63, 3.8) is 0 Å². The molecule has 8 nitrogen and oxygen atoms in total. The van der Waals surface area contributed by atoms with Crippen molar-refractivity contribution >= 4 is 33.3 Å². The lowest BCUT2D eigenvalue weighted by molar-refractivity contribution is -0.140. The summed E-state index contributed by atoms with van der Waals surface area (Å²) in [5.41, 5.74) is 3.28. The third-order valence-electron chi connectivity index (χ3n) is 7.63. The van der Waals surface area contributed by atoms with E-state index in [1.54, 1.807) is 18.2 Å². The molecule has 0 bridgehead atoms. The molecule has 9 heteroatoms. The van der Waals surface area contributed by atoms with Crippen molar-refractivity contribution in [1.82, 2.24) is 10.2 Å². The van der Waals surface area contributed by atoms with Crippen molar-refractivity contribution in [2.75, 3.05) is 17.1 Å². The highest BCUT2D eigenvalue weighted by atomic mass is 32.2. The van der Waals surface area contributed by atoms with Crippen LogP contribution < -0.4 is 9.62 Å². The number of benzene rings is 3. The van der Waals surface area contributed by atoms with Crippen LogP contribution >= 0.6 is 0 Å². The van der Waals surface area contributed by atoms with Gasteiger partial charge in [0.25, 0.3) is 0 Å². The molecule has 0 radical (unpaired) electrons. The number of amides is 2. The average Bonchev–Trinajstić information content (AvgIpc) is 3.46. The number of hydrogen-bond donors (Lipinski definition) is 1. The molecule has 1 atom stereocenters. The molecule has 222 valence electrons. The van der Waals surface area contributed by atoms with E-state index in [0.717, 1.165) is 52.9 Å². The number of aryl methyl sites for hydroxylation is 1. The van der Waals surface area contributed by atoms with E-state index < -0.39 is 28.5 Å². The van der Waals surface area contributed by atoms with Gasteiger partial charge in [0, 0.05) is 24.6 Å². The van der Waals surface area contributed by atoms with E-state index >= 15 is 0 Å². The molecule has 3 aromatic rings. The third-order valence-corrected chi connectivity index (χ3v) is 8.77. The molecular formula is C33H39N3O5S. The van der Waals surface area contributed by atoms with Gasteiger partial charge in [-0.05, 0) is 49.9 Å². The van der Waals surface area contributed by atoms with E-state index in [-0.39, 0.29) is 36.4 Å². The summed E-state index contributed by atoms with van der Waals surface area (Å²) < 4.78 is 27.0. The van der Waals surface area contributed by atoms with Gasteiger partial charge in [-0.2, -0.15) is 0 Å². The summed E-state index contributed by atoms with van der Waals surface area (Å²) in [6.45, 7) is 2.96. The van der Waals surface area contributed by atoms with E-state index in [0.29, 0.717) is 5.56 Å². The summed E-state index contributed by atoms with van der Waals surface area (Å²) in [6, 6.07) is 22.6. The number of nitrogens with zero attached hydrogens (tertiary/aromatic N) is 2. The zero-order chi connectivity index (χ0) is 30.3. The predicted molar refractivity (Wildman–Crippen MR) is 165 cm³/mol. The quantitative estimate of drug-likeness (QED) is 0.310. The van der Waals surface area contributed by atoms with Gasteiger partial charge in [0.05, 0.1) is 11.9 Å². The van der Waals surface area contributed by atoms with Gasteiger partial charge in [0.15, 0.2) is 5.78 Å². The summed E-state index contributed by atoms with van der Waals surface area (Å²) in [4.78, 5) is 41.7. The molecule has 1 aliphatic rings. The minimum Gasteiger partial charge on any atom is -0.352 e. The van der Waals surface area contributed by atoms with Crippen LogP contribution in [0.1, 0.15) is 59.7 Å². The number of carbonyl (C=O) groups excluding carboxylic acids is 3. The Morgan fingerprint density at radius 1 is 0.905 bits per heavy atom. The maximum absolute atomic E-state index is 14.2. The fourth-order valence-corrected chi connectivity index (χ4v) is 6.26. The normalized spacial score (nSPS) is 14.3. The van der Waals surface area contributed by atoms with E-state index in [9.17, 15) is 22.8 Å². The third kappa shape index (κ3) is 8.28. The number of ketones is 1. The number of hydrogen-bond acceptors (Lipinski definition) is 5. The van der Waals surface area contributed by atoms with Crippen LogP contribution in [0.15, 0.2) is 78.9 Å². The van der Waals surface area contributed by atoms with E-state index in [2.05, 4.69) is 5.32 Å². The van der Waals surface area contributed by atoms with Gasteiger partial charge in [-0.1, -0.05) is 85.1 Å². The monoisotopic (exact) mass is 589 g/mol. The standard InChI is InChI=1S/C33H39N3O5S/c1-24-11-9-14-27(19-24)22-35(31(20-26-12-5-4-6-13-26)33(39)34-29-16-7-8-17-29)32(38)23-36(42(3,40)41)30-18-10-15-28(21-30)25(2)37/h4-6,9-15,18-19,21,29,31H,7-8,16-17,20,22-23H2,1-3H3,(H,34,39)/t31-/m1/s1. The first-order chi connectivity index (χ1) is 20.0. The van der Waals surface area contributed by atoms with Crippen LogP contribution in [0.25, 0.3) is 0 Å². The zero-order valence-corrected chi connectivity index (χ0v) is 25.3. The zero-order valence-electron chi connectivity index (χ0n) is 24.5. The number of rotatable bonds is 12. The minimum absolute atomic E-state index is 0.0496. The summed E-state index contributed by atoms with van der Waals surface area (Å²) in [5, 5.41) is 3.16. The van der Waals surface area contributed by atoms with Gasteiger partial charge in [-0.3, -0.25) is 18.7 Å². The van der Waals surface area contributed by atoms with Crippen LogP contribution in [-0.4, -0.2) is 55.8 Å². The molecule has 0 heterocycles. The summed E-state index contributed by atoms with van der Waals surface area (Å²) in [6.07, 6.45) is 5.18. The lowest BCUT2D eigenvalue weighted by atomic mass is 10.0. The second kappa shape index (κ2) is 13.8. The molecule has 0 aromatic heterocycles. The maximum Gasteiger partial charge on any atom is 0.244 e. The summed E-state index contributed by atoms with van der Waals surface area (Å²) in [5.74, 6) is -0.988. The lowest BCUT2D eigenvalue weighted by Crippen LogP contribution is -2.54. The van der Waals surface area contributed by atoms with Gasteiger partial charge in [0.1, 0.15) is 12.6 Å². The topological polar surface area (TPSA) is 104 Å². The van der Waals surface area contributed by atoms with E-state index in [1.165, 1.54) is 17.9 Å². The maximum atomic E-state index is 14.2. The Balaban J connectivity index is 1.74. The highest BCUT2D eigenvalue weighted by molar-refractivity contribution is 7.92. The van der Waals surface area contributed by atoms with Crippen molar-refractivity contribution in [2.45, 2.75) is 64.6 Å². The largest absolute Gasteiger partial charge is 0.352 e. The number of Topliss-reactive ketones (excluding diaryl/α,β-unsaturated/α-hetero) is 1. The molecule has 1 fully saturated rings. The Labute approximate surface area is 248 Å². The molecule has 4 rings (SSSR count). The highest BCUT2D eigenvalue weighted by Crippen LogP contribution is 2.23. The molecule has 0 aliphatic heterocycles. The molecule has 2 amide bonds. The van der Waals surface area contributed by atoms with E-state index in [1.807, 2.05) is 61.5 Å².